The second-order valence-electron chi connectivity index (χ2n) is 4.59. The van der Waals surface area contributed by atoms with E-state index in [9.17, 15) is 4.79 Å². The summed E-state index contributed by atoms with van der Waals surface area (Å²) in [6.45, 7) is 6.00. The lowest BCUT2D eigenvalue weighted by Crippen LogP contribution is -2.27. The summed E-state index contributed by atoms with van der Waals surface area (Å²) in [5.74, 6) is -0.292. The molecule has 0 aliphatic heterocycles. The van der Waals surface area contributed by atoms with Crippen molar-refractivity contribution in [2.45, 2.75) is 45.2 Å². The van der Waals surface area contributed by atoms with E-state index in [-0.39, 0.29) is 24.3 Å². The van der Waals surface area contributed by atoms with Crippen LogP contribution in [0.15, 0.2) is 12.4 Å². The van der Waals surface area contributed by atoms with Crippen LogP contribution in [0.3, 0.4) is 0 Å². The molecule has 0 saturated carbocycles. The number of hydrogen-bond acceptors (Lipinski definition) is 4. The molecule has 5 nitrogen and oxygen atoms in total. The molecule has 1 aromatic heterocycles. The lowest BCUT2D eigenvalue weighted by molar-refractivity contribution is -0.141. The minimum Gasteiger partial charge on any atom is -0.469 e. The van der Waals surface area contributed by atoms with Gasteiger partial charge in [-0.3, -0.25) is 9.48 Å². The molecule has 17 heavy (non-hydrogen) atoms. The van der Waals surface area contributed by atoms with E-state index in [0.717, 1.165) is 5.56 Å². The molecule has 2 N–H and O–H groups in total. The Morgan fingerprint density at radius 2 is 2.18 bits per heavy atom. The van der Waals surface area contributed by atoms with Crippen LogP contribution in [0.25, 0.3) is 0 Å². The first-order chi connectivity index (χ1) is 7.95. The van der Waals surface area contributed by atoms with Gasteiger partial charge in [-0.15, -0.1) is 0 Å². The highest BCUT2D eigenvalue weighted by Crippen LogP contribution is 2.23. The van der Waals surface area contributed by atoms with E-state index in [2.05, 4.69) is 23.7 Å². The van der Waals surface area contributed by atoms with Gasteiger partial charge in [-0.1, -0.05) is 0 Å². The lowest BCUT2D eigenvalue weighted by Gasteiger charge is -2.18. The summed E-state index contributed by atoms with van der Waals surface area (Å²) in [5, 5.41) is 4.26. The fourth-order valence-corrected chi connectivity index (χ4v) is 1.70. The number of nitrogens with two attached hydrogens (primary N) is 1. The summed E-state index contributed by atoms with van der Waals surface area (Å²) >= 11 is 0. The van der Waals surface area contributed by atoms with Crippen molar-refractivity contribution in [2.24, 2.45) is 5.73 Å². The summed E-state index contributed by atoms with van der Waals surface area (Å²) in [6, 6.07) is 0.189. The Balaban J connectivity index is 2.86. The Morgan fingerprint density at radius 1 is 1.53 bits per heavy atom. The lowest BCUT2D eigenvalue weighted by atomic mass is 9.92. The van der Waals surface area contributed by atoms with Crippen LogP contribution in [0.5, 0.6) is 0 Å². The van der Waals surface area contributed by atoms with Gasteiger partial charge in [0.25, 0.3) is 0 Å². The van der Waals surface area contributed by atoms with Gasteiger partial charge in [0.1, 0.15) is 0 Å². The maximum absolute atomic E-state index is 11.3. The minimum atomic E-state index is -0.246. The van der Waals surface area contributed by atoms with Crippen LogP contribution < -0.4 is 5.73 Å². The van der Waals surface area contributed by atoms with E-state index < -0.39 is 0 Å². The molecule has 1 heterocycles. The molecule has 1 rings (SSSR count). The fraction of sp³-hybridized carbons (Fsp3) is 0.667. The smallest absolute Gasteiger partial charge is 0.306 e. The molecule has 0 amide bonds. The van der Waals surface area contributed by atoms with Gasteiger partial charge >= 0.3 is 5.97 Å². The van der Waals surface area contributed by atoms with E-state index in [4.69, 9.17) is 5.73 Å². The van der Waals surface area contributed by atoms with E-state index >= 15 is 0 Å². The molecule has 0 fully saturated rings. The monoisotopic (exact) mass is 239 g/mol. The first-order valence-electron chi connectivity index (χ1n) is 5.82. The van der Waals surface area contributed by atoms with Crippen molar-refractivity contribution in [2.75, 3.05) is 7.11 Å². The van der Waals surface area contributed by atoms with E-state index in [1.165, 1.54) is 7.11 Å². The van der Waals surface area contributed by atoms with Crippen LogP contribution in [0.2, 0.25) is 0 Å². The molecular weight excluding hydrogens is 218 g/mol. The molecular formula is C12H21N3O2. The second kappa shape index (κ2) is 5.82. The van der Waals surface area contributed by atoms with Gasteiger partial charge in [0.2, 0.25) is 0 Å². The average molecular weight is 239 g/mol. The van der Waals surface area contributed by atoms with Crippen LogP contribution in [0.1, 0.15) is 44.7 Å². The predicted octanol–water partition coefficient (Wildman–Crippen LogP) is 1.46. The number of rotatable bonds is 5. The van der Waals surface area contributed by atoms with Gasteiger partial charge in [0.05, 0.1) is 19.7 Å². The van der Waals surface area contributed by atoms with Gasteiger partial charge < -0.3 is 10.5 Å². The second-order valence-corrected chi connectivity index (χ2v) is 4.59. The van der Waals surface area contributed by atoms with Gasteiger partial charge in [0.15, 0.2) is 0 Å². The number of carbonyl (C=O) groups excluding carboxylic acids is 1. The summed E-state index contributed by atoms with van der Waals surface area (Å²) in [5.41, 5.74) is 6.90. The molecule has 2 atom stereocenters. The number of methoxy groups -OCH3 is 1. The average Bonchev–Trinajstić information content (AvgIpc) is 2.74. The first-order valence-corrected chi connectivity index (χ1v) is 5.82. The Bertz CT molecular complexity index is 372. The van der Waals surface area contributed by atoms with Gasteiger partial charge in [-0.25, -0.2) is 0 Å². The minimum absolute atomic E-state index is 0.0463. The summed E-state index contributed by atoms with van der Waals surface area (Å²) < 4.78 is 6.55. The summed E-state index contributed by atoms with van der Waals surface area (Å²) in [4.78, 5) is 11.3. The SMILES string of the molecule is COC(=O)CC(c1cnn(C(C)C)c1)C(C)N. The normalized spacial score (nSPS) is 14.7. The molecule has 0 aliphatic rings. The molecule has 0 bridgehead atoms. The van der Waals surface area contributed by atoms with E-state index in [1.807, 2.05) is 17.8 Å². The zero-order valence-electron chi connectivity index (χ0n) is 10.9. The molecule has 0 aliphatic carbocycles. The zero-order valence-corrected chi connectivity index (χ0v) is 10.9. The van der Waals surface area contributed by atoms with Crippen molar-refractivity contribution in [3.63, 3.8) is 0 Å². The Hall–Kier alpha value is -1.36. The fourth-order valence-electron chi connectivity index (χ4n) is 1.70. The molecule has 0 saturated heterocycles. The third-order valence-corrected chi connectivity index (χ3v) is 2.83. The van der Waals surface area contributed by atoms with Crippen LogP contribution in [0.4, 0.5) is 0 Å². The van der Waals surface area contributed by atoms with Crippen LogP contribution >= 0.6 is 0 Å². The number of carbonyl (C=O) groups is 1. The highest BCUT2D eigenvalue weighted by molar-refractivity contribution is 5.70. The van der Waals surface area contributed by atoms with Gasteiger partial charge in [-0.05, 0) is 26.3 Å². The largest absolute Gasteiger partial charge is 0.469 e. The van der Waals surface area contributed by atoms with Crippen molar-refractivity contribution in [1.82, 2.24) is 9.78 Å². The van der Waals surface area contributed by atoms with Gasteiger partial charge in [0, 0.05) is 24.2 Å². The molecule has 0 spiro atoms. The van der Waals surface area contributed by atoms with Crippen LogP contribution in [-0.4, -0.2) is 28.9 Å². The highest BCUT2D eigenvalue weighted by atomic mass is 16.5. The highest BCUT2D eigenvalue weighted by Gasteiger charge is 2.22. The molecule has 2 unspecified atom stereocenters. The molecule has 0 radical (unpaired) electrons. The topological polar surface area (TPSA) is 70.1 Å². The zero-order chi connectivity index (χ0) is 13.0. The number of aromatic nitrogens is 2. The molecule has 1 aromatic rings. The van der Waals surface area contributed by atoms with E-state index in [0.29, 0.717) is 6.04 Å². The molecule has 96 valence electrons. The number of hydrogen-bond donors (Lipinski definition) is 1. The van der Waals surface area contributed by atoms with Crippen molar-refractivity contribution in [3.05, 3.63) is 18.0 Å². The number of nitrogens with zero attached hydrogens (tertiary/aromatic N) is 2. The van der Waals surface area contributed by atoms with Crippen LogP contribution in [0, 0.1) is 0 Å². The third-order valence-electron chi connectivity index (χ3n) is 2.83. The van der Waals surface area contributed by atoms with Crippen molar-refractivity contribution in [3.8, 4) is 0 Å². The van der Waals surface area contributed by atoms with Crippen molar-refractivity contribution < 1.29 is 9.53 Å². The maximum atomic E-state index is 11.3. The standard InChI is InChI=1S/C12H21N3O2/c1-8(2)15-7-10(6-14-15)11(9(3)13)5-12(16)17-4/h6-9,11H,5,13H2,1-4H3. The Kier molecular flexibility index (Phi) is 4.69. The molecule has 5 heteroatoms. The summed E-state index contributed by atoms with van der Waals surface area (Å²) in [6.07, 6.45) is 4.01. The van der Waals surface area contributed by atoms with E-state index in [1.54, 1.807) is 6.20 Å². The molecule has 0 aromatic carbocycles. The third kappa shape index (κ3) is 3.56. The Morgan fingerprint density at radius 3 is 2.59 bits per heavy atom. The van der Waals surface area contributed by atoms with Crippen molar-refractivity contribution in [1.29, 1.82) is 0 Å². The number of esters is 1. The predicted molar refractivity (Wildman–Crippen MR) is 65.6 cm³/mol. The first kappa shape index (κ1) is 13.7. The summed E-state index contributed by atoms with van der Waals surface area (Å²) in [7, 11) is 1.39. The number of ether oxygens (including phenoxy) is 1. The van der Waals surface area contributed by atoms with Crippen molar-refractivity contribution >= 4 is 5.97 Å². The van der Waals surface area contributed by atoms with Crippen LogP contribution in [-0.2, 0) is 9.53 Å². The maximum Gasteiger partial charge on any atom is 0.306 e. The quantitative estimate of drug-likeness (QED) is 0.790. The Labute approximate surface area is 102 Å². The van der Waals surface area contributed by atoms with Gasteiger partial charge in [-0.2, -0.15) is 5.10 Å².